The maximum absolute atomic E-state index is 5.22. The Morgan fingerprint density at radius 1 is 0.290 bits per heavy atom. The van der Waals surface area contributed by atoms with Crippen LogP contribution in [0.1, 0.15) is 0 Å². The number of para-hydroxylation sites is 5. The molecule has 3 heterocycles. The minimum Gasteiger partial charge on any atom is -0.309 e. The van der Waals surface area contributed by atoms with Gasteiger partial charge >= 0.3 is 0 Å². The average Bonchev–Trinajstić information content (AvgIpc) is 3.87. The SMILES string of the molecule is c1ccc(-c2cc(-c3ccccc3)nc(-c3ccccc3-c3ccc4c(c3)c3ccccc3n4-c3ccccc3-c3cccc4c5ccccc5n(-c5ccccc5)c34)n2)cc1. The molecule has 290 valence electrons. The molecule has 12 aromatic rings. The minimum absolute atomic E-state index is 0.694. The third-order valence-electron chi connectivity index (χ3n) is 12.2. The lowest BCUT2D eigenvalue weighted by molar-refractivity contribution is 1.17. The van der Waals surface area contributed by atoms with Gasteiger partial charge in [0.2, 0.25) is 0 Å². The van der Waals surface area contributed by atoms with Crippen molar-refractivity contribution in [3.05, 3.63) is 231 Å². The number of hydrogen-bond donors (Lipinski definition) is 0. The van der Waals surface area contributed by atoms with Crippen molar-refractivity contribution in [2.24, 2.45) is 0 Å². The van der Waals surface area contributed by atoms with E-state index in [0.717, 1.165) is 61.6 Å². The topological polar surface area (TPSA) is 35.6 Å². The third kappa shape index (κ3) is 5.84. The second-order valence-corrected chi connectivity index (χ2v) is 15.7. The fourth-order valence-corrected chi connectivity index (χ4v) is 9.39. The van der Waals surface area contributed by atoms with E-state index in [2.05, 4.69) is 228 Å². The smallest absolute Gasteiger partial charge is 0.161 e. The molecule has 0 fully saturated rings. The van der Waals surface area contributed by atoms with Crippen LogP contribution in [-0.2, 0) is 0 Å². The van der Waals surface area contributed by atoms with Crippen molar-refractivity contribution >= 4 is 43.6 Å². The summed E-state index contributed by atoms with van der Waals surface area (Å²) in [6.07, 6.45) is 0. The molecule has 0 aliphatic rings. The summed E-state index contributed by atoms with van der Waals surface area (Å²) < 4.78 is 4.87. The molecule has 0 spiro atoms. The predicted molar refractivity (Wildman–Crippen MR) is 258 cm³/mol. The summed E-state index contributed by atoms with van der Waals surface area (Å²) in [7, 11) is 0. The Balaban J connectivity index is 1.05. The minimum atomic E-state index is 0.694. The highest BCUT2D eigenvalue weighted by molar-refractivity contribution is 6.15. The van der Waals surface area contributed by atoms with E-state index in [1.807, 2.05) is 12.1 Å². The molecule has 0 N–H and O–H groups in total. The zero-order valence-corrected chi connectivity index (χ0v) is 33.7. The Kier molecular flexibility index (Phi) is 8.46. The van der Waals surface area contributed by atoms with Crippen LogP contribution in [0.4, 0.5) is 0 Å². The molecule has 0 saturated heterocycles. The van der Waals surface area contributed by atoms with Gasteiger partial charge in [0.1, 0.15) is 0 Å². The van der Waals surface area contributed by atoms with E-state index in [0.29, 0.717) is 5.82 Å². The van der Waals surface area contributed by atoms with E-state index in [1.165, 1.54) is 43.7 Å². The van der Waals surface area contributed by atoms with Crippen LogP contribution >= 0.6 is 0 Å². The summed E-state index contributed by atoms with van der Waals surface area (Å²) in [6, 6.07) is 82.1. The van der Waals surface area contributed by atoms with E-state index in [1.54, 1.807) is 0 Å². The molecule has 0 amide bonds. The first-order valence-corrected chi connectivity index (χ1v) is 21.1. The van der Waals surface area contributed by atoms with Gasteiger partial charge in [-0.05, 0) is 59.7 Å². The number of rotatable bonds is 7. The van der Waals surface area contributed by atoms with Crippen LogP contribution in [0.15, 0.2) is 231 Å². The number of benzene rings is 9. The number of fused-ring (bicyclic) bond motifs is 6. The van der Waals surface area contributed by atoms with Crippen LogP contribution in [0.25, 0.3) is 111 Å². The molecular formula is C58H38N4. The molecule has 12 rings (SSSR count). The van der Waals surface area contributed by atoms with Gasteiger partial charge in [-0.25, -0.2) is 9.97 Å². The molecule has 0 bridgehead atoms. The summed E-state index contributed by atoms with van der Waals surface area (Å²) >= 11 is 0. The summed E-state index contributed by atoms with van der Waals surface area (Å²) in [5.41, 5.74) is 16.4. The van der Waals surface area contributed by atoms with Crippen molar-refractivity contribution in [3.8, 4) is 67.5 Å². The van der Waals surface area contributed by atoms with Gasteiger partial charge in [0.05, 0.1) is 39.1 Å². The Morgan fingerprint density at radius 3 is 1.48 bits per heavy atom. The van der Waals surface area contributed by atoms with Crippen LogP contribution < -0.4 is 0 Å². The third-order valence-corrected chi connectivity index (χ3v) is 12.2. The normalized spacial score (nSPS) is 11.5. The van der Waals surface area contributed by atoms with Gasteiger partial charge in [-0.1, -0.05) is 182 Å². The molecule has 0 radical (unpaired) electrons. The average molecular weight is 791 g/mol. The van der Waals surface area contributed by atoms with Gasteiger partial charge < -0.3 is 9.13 Å². The quantitative estimate of drug-likeness (QED) is 0.161. The van der Waals surface area contributed by atoms with Crippen LogP contribution in [0, 0.1) is 0 Å². The Bertz CT molecular complexity index is 3560. The number of nitrogens with zero attached hydrogens (tertiary/aromatic N) is 4. The van der Waals surface area contributed by atoms with E-state index >= 15 is 0 Å². The monoisotopic (exact) mass is 790 g/mol. The van der Waals surface area contributed by atoms with Crippen molar-refractivity contribution < 1.29 is 0 Å². The van der Waals surface area contributed by atoms with Crippen molar-refractivity contribution in [2.45, 2.75) is 0 Å². The molecule has 4 heteroatoms. The molecule has 0 atom stereocenters. The molecule has 0 saturated carbocycles. The molecule has 0 aliphatic carbocycles. The van der Waals surface area contributed by atoms with Crippen LogP contribution in [0.5, 0.6) is 0 Å². The first kappa shape index (κ1) is 35.6. The molecule has 62 heavy (non-hydrogen) atoms. The predicted octanol–water partition coefficient (Wildman–Crippen LogP) is 15.0. The maximum Gasteiger partial charge on any atom is 0.161 e. The van der Waals surface area contributed by atoms with Gasteiger partial charge in [0, 0.05) is 55.0 Å². The zero-order valence-electron chi connectivity index (χ0n) is 33.7. The van der Waals surface area contributed by atoms with Crippen molar-refractivity contribution in [2.75, 3.05) is 0 Å². The molecular weight excluding hydrogens is 753 g/mol. The van der Waals surface area contributed by atoms with Gasteiger partial charge in [-0.3, -0.25) is 0 Å². The fraction of sp³-hybridized carbons (Fsp3) is 0. The molecule has 0 aliphatic heterocycles. The number of hydrogen-bond acceptors (Lipinski definition) is 2. The van der Waals surface area contributed by atoms with E-state index < -0.39 is 0 Å². The zero-order chi connectivity index (χ0) is 41.0. The lowest BCUT2D eigenvalue weighted by Gasteiger charge is -2.17. The van der Waals surface area contributed by atoms with Crippen LogP contribution in [-0.4, -0.2) is 19.1 Å². The summed E-state index contributed by atoms with van der Waals surface area (Å²) in [4.78, 5) is 10.4. The summed E-state index contributed by atoms with van der Waals surface area (Å²) in [5, 5.41) is 4.85. The van der Waals surface area contributed by atoms with Crippen molar-refractivity contribution in [1.29, 1.82) is 0 Å². The molecule has 9 aromatic carbocycles. The van der Waals surface area contributed by atoms with Crippen molar-refractivity contribution in [3.63, 3.8) is 0 Å². The molecule has 4 nitrogen and oxygen atoms in total. The van der Waals surface area contributed by atoms with Gasteiger partial charge in [-0.2, -0.15) is 0 Å². The molecule has 3 aromatic heterocycles. The Labute approximate surface area is 359 Å². The first-order chi connectivity index (χ1) is 30.8. The van der Waals surface area contributed by atoms with Gasteiger partial charge in [0.25, 0.3) is 0 Å². The van der Waals surface area contributed by atoms with E-state index in [4.69, 9.17) is 9.97 Å². The second kappa shape index (κ2) is 14.7. The Morgan fingerprint density at radius 2 is 0.790 bits per heavy atom. The highest BCUT2D eigenvalue weighted by Gasteiger charge is 2.22. The van der Waals surface area contributed by atoms with E-state index in [9.17, 15) is 0 Å². The van der Waals surface area contributed by atoms with Crippen molar-refractivity contribution in [1.82, 2.24) is 19.1 Å². The van der Waals surface area contributed by atoms with Crippen LogP contribution in [0.2, 0.25) is 0 Å². The highest BCUT2D eigenvalue weighted by Crippen LogP contribution is 2.43. The second-order valence-electron chi connectivity index (χ2n) is 15.7. The summed E-state index contributed by atoms with van der Waals surface area (Å²) in [6.45, 7) is 0. The highest BCUT2D eigenvalue weighted by atomic mass is 15.0. The maximum atomic E-state index is 5.22. The van der Waals surface area contributed by atoms with Gasteiger partial charge in [0.15, 0.2) is 5.82 Å². The lowest BCUT2D eigenvalue weighted by Crippen LogP contribution is -1.99. The van der Waals surface area contributed by atoms with E-state index in [-0.39, 0.29) is 0 Å². The van der Waals surface area contributed by atoms with Crippen LogP contribution in [0.3, 0.4) is 0 Å². The molecule has 0 unspecified atom stereocenters. The van der Waals surface area contributed by atoms with Gasteiger partial charge in [-0.15, -0.1) is 0 Å². The summed E-state index contributed by atoms with van der Waals surface area (Å²) in [5.74, 6) is 0.694. The number of aromatic nitrogens is 4. The largest absolute Gasteiger partial charge is 0.309 e. The lowest BCUT2D eigenvalue weighted by atomic mass is 9.97. The fourth-order valence-electron chi connectivity index (χ4n) is 9.39. The standard InChI is InChI=1S/C58H38N4/c1-4-19-39(20-5-1)51-38-52(40-21-6-2-7-22-40)60-58(59-51)49-29-11-10-25-43(49)41-35-36-56-50(37-41)46-28-14-17-34-55(46)62(56)54-33-16-13-27-45(54)48-31-18-30-47-44-26-12-15-32-53(44)61(57(47)48)42-23-8-3-9-24-42/h1-38H. The first-order valence-electron chi connectivity index (χ1n) is 21.1. The Hall–Kier alpha value is -8.34.